The Balaban J connectivity index is 1.71. The van der Waals surface area contributed by atoms with Crippen molar-refractivity contribution in [2.75, 3.05) is 7.11 Å². The topological polar surface area (TPSA) is 9.23 Å². The monoisotopic (exact) mass is 366 g/mol. The van der Waals surface area contributed by atoms with Gasteiger partial charge in [-0.1, -0.05) is 73.5 Å². The summed E-state index contributed by atoms with van der Waals surface area (Å²) in [6, 6.07) is 29.0. The fourth-order valence-electron chi connectivity index (χ4n) is 5.17. The second-order valence-electron chi connectivity index (χ2n) is 8.00. The van der Waals surface area contributed by atoms with Crippen molar-refractivity contribution >= 4 is 21.5 Å². The highest BCUT2D eigenvalue weighted by atomic mass is 16.5. The van der Waals surface area contributed by atoms with Crippen LogP contribution in [-0.2, 0) is 0 Å². The number of hydrogen-bond donors (Lipinski definition) is 0. The second kappa shape index (κ2) is 7.31. The first-order valence-electron chi connectivity index (χ1n) is 10.4. The molecule has 0 N–H and O–H groups in total. The highest BCUT2D eigenvalue weighted by Crippen LogP contribution is 2.48. The molecular weight excluding hydrogens is 340 g/mol. The van der Waals surface area contributed by atoms with Gasteiger partial charge < -0.3 is 4.74 Å². The van der Waals surface area contributed by atoms with Crippen LogP contribution in [0.4, 0.5) is 0 Å². The molecule has 0 bridgehead atoms. The van der Waals surface area contributed by atoms with Gasteiger partial charge in [-0.3, -0.25) is 0 Å². The van der Waals surface area contributed by atoms with Gasteiger partial charge in [-0.05, 0) is 75.5 Å². The van der Waals surface area contributed by atoms with Crippen LogP contribution in [0, 0.1) is 0 Å². The van der Waals surface area contributed by atoms with E-state index in [4.69, 9.17) is 4.74 Å². The van der Waals surface area contributed by atoms with E-state index in [0.717, 1.165) is 5.75 Å². The molecule has 2 atom stereocenters. The molecule has 28 heavy (non-hydrogen) atoms. The van der Waals surface area contributed by atoms with Crippen LogP contribution >= 0.6 is 0 Å². The molecule has 4 aromatic rings. The van der Waals surface area contributed by atoms with Crippen LogP contribution in [0.15, 0.2) is 78.9 Å². The van der Waals surface area contributed by atoms with Gasteiger partial charge in [0.15, 0.2) is 0 Å². The maximum Gasteiger partial charge on any atom is 0.118 e. The minimum absolute atomic E-state index is 0.554. The Morgan fingerprint density at radius 3 is 1.86 bits per heavy atom. The van der Waals surface area contributed by atoms with Gasteiger partial charge in [-0.2, -0.15) is 0 Å². The Bertz CT molecular complexity index is 1060. The normalized spacial score (nSPS) is 19.8. The predicted octanol–water partition coefficient (Wildman–Crippen LogP) is 7.44. The van der Waals surface area contributed by atoms with Gasteiger partial charge >= 0.3 is 0 Å². The molecule has 2 unspecified atom stereocenters. The van der Waals surface area contributed by atoms with Crippen LogP contribution < -0.4 is 4.74 Å². The van der Waals surface area contributed by atoms with Gasteiger partial charge in [0.05, 0.1) is 7.11 Å². The van der Waals surface area contributed by atoms with Crippen molar-refractivity contribution in [3.63, 3.8) is 0 Å². The molecule has 1 heteroatoms. The Kier molecular flexibility index (Phi) is 4.52. The minimum atomic E-state index is 0.554. The molecule has 0 heterocycles. The van der Waals surface area contributed by atoms with Crippen LogP contribution in [0.2, 0.25) is 0 Å². The smallest absolute Gasteiger partial charge is 0.118 e. The van der Waals surface area contributed by atoms with Crippen molar-refractivity contribution in [3.05, 3.63) is 90.0 Å². The van der Waals surface area contributed by atoms with E-state index >= 15 is 0 Å². The lowest BCUT2D eigenvalue weighted by atomic mass is 9.70. The third-order valence-electron chi connectivity index (χ3n) is 6.49. The van der Waals surface area contributed by atoms with E-state index in [0.29, 0.717) is 11.8 Å². The third-order valence-corrected chi connectivity index (χ3v) is 6.49. The number of fused-ring (bicyclic) bond motifs is 2. The van der Waals surface area contributed by atoms with E-state index in [2.05, 4.69) is 78.9 Å². The largest absolute Gasteiger partial charge is 0.497 e. The first kappa shape index (κ1) is 17.3. The Morgan fingerprint density at radius 1 is 0.679 bits per heavy atom. The number of methoxy groups -OCH3 is 1. The second-order valence-corrected chi connectivity index (χ2v) is 8.00. The SMILES string of the molecule is COc1ccc(C2CCCCC2c2c3ccccc3cc3ccccc23)cc1. The quantitative estimate of drug-likeness (QED) is 0.342. The molecule has 0 amide bonds. The molecule has 4 aromatic carbocycles. The maximum atomic E-state index is 5.38. The van der Waals surface area contributed by atoms with Crippen LogP contribution in [0.5, 0.6) is 5.75 Å². The minimum Gasteiger partial charge on any atom is -0.497 e. The number of hydrogen-bond acceptors (Lipinski definition) is 1. The van der Waals surface area contributed by atoms with Crippen molar-refractivity contribution < 1.29 is 4.74 Å². The Morgan fingerprint density at radius 2 is 1.25 bits per heavy atom. The van der Waals surface area contributed by atoms with Gasteiger partial charge in [0.1, 0.15) is 5.75 Å². The summed E-state index contributed by atoms with van der Waals surface area (Å²) in [6.45, 7) is 0. The molecule has 1 saturated carbocycles. The molecular formula is C27H26O. The first-order chi connectivity index (χ1) is 13.8. The molecule has 1 aliphatic carbocycles. The molecule has 0 spiro atoms. The zero-order chi connectivity index (χ0) is 18.9. The van der Waals surface area contributed by atoms with E-state index in [1.165, 1.54) is 52.8 Å². The Labute approximate surface area is 167 Å². The molecule has 0 saturated heterocycles. The maximum absolute atomic E-state index is 5.38. The summed E-state index contributed by atoms with van der Waals surface area (Å²) in [4.78, 5) is 0. The molecule has 0 aromatic heterocycles. The summed E-state index contributed by atoms with van der Waals surface area (Å²) in [6.07, 6.45) is 5.15. The van der Waals surface area contributed by atoms with Gasteiger partial charge in [0.25, 0.3) is 0 Å². The molecule has 0 radical (unpaired) electrons. The lowest BCUT2D eigenvalue weighted by Gasteiger charge is -2.34. The van der Waals surface area contributed by atoms with Gasteiger partial charge in [0, 0.05) is 0 Å². The van der Waals surface area contributed by atoms with Crippen molar-refractivity contribution in [2.45, 2.75) is 37.5 Å². The van der Waals surface area contributed by atoms with Gasteiger partial charge in [0.2, 0.25) is 0 Å². The van der Waals surface area contributed by atoms with Crippen molar-refractivity contribution in [1.82, 2.24) is 0 Å². The predicted molar refractivity (Wildman–Crippen MR) is 118 cm³/mol. The number of benzene rings is 4. The summed E-state index contributed by atoms with van der Waals surface area (Å²) in [5.41, 5.74) is 3.00. The highest BCUT2D eigenvalue weighted by molar-refractivity contribution is 6.02. The molecule has 1 fully saturated rings. The van der Waals surface area contributed by atoms with E-state index in [-0.39, 0.29) is 0 Å². The van der Waals surface area contributed by atoms with Crippen LogP contribution in [0.1, 0.15) is 48.6 Å². The zero-order valence-electron chi connectivity index (χ0n) is 16.4. The fourth-order valence-corrected chi connectivity index (χ4v) is 5.17. The van der Waals surface area contributed by atoms with Gasteiger partial charge in [-0.15, -0.1) is 0 Å². The third kappa shape index (κ3) is 2.96. The van der Waals surface area contributed by atoms with Crippen LogP contribution in [-0.4, -0.2) is 7.11 Å². The average molecular weight is 367 g/mol. The van der Waals surface area contributed by atoms with Crippen molar-refractivity contribution in [1.29, 1.82) is 0 Å². The summed E-state index contributed by atoms with van der Waals surface area (Å²) in [7, 11) is 1.74. The molecule has 1 nitrogen and oxygen atoms in total. The average Bonchev–Trinajstić information content (AvgIpc) is 2.77. The standard InChI is InChI=1S/C27H26O/c1-28-22-16-14-19(15-17-22)23-10-6-7-13-26(23)27-24-11-4-2-8-20(24)18-21-9-3-5-12-25(21)27/h2-5,8-9,11-12,14-18,23,26H,6-7,10,13H2,1H3. The van der Waals surface area contributed by atoms with E-state index < -0.39 is 0 Å². The molecule has 5 rings (SSSR count). The number of rotatable bonds is 3. The molecule has 1 aliphatic rings. The van der Waals surface area contributed by atoms with Crippen molar-refractivity contribution in [3.8, 4) is 5.75 Å². The van der Waals surface area contributed by atoms with E-state index in [1.54, 1.807) is 12.7 Å². The molecule has 140 valence electrons. The summed E-state index contributed by atoms with van der Waals surface area (Å²) >= 11 is 0. The fraction of sp³-hybridized carbons (Fsp3) is 0.259. The van der Waals surface area contributed by atoms with E-state index in [1.807, 2.05) is 0 Å². The van der Waals surface area contributed by atoms with Crippen LogP contribution in [0.3, 0.4) is 0 Å². The summed E-state index contributed by atoms with van der Waals surface area (Å²) < 4.78 is 5.38. The number of ether oxygens (including phenoxy) is 1. The summed E-state index contributed by atoms with van der Waals surface area (Å²) in [5.74, 6) is 2.05. The van der Waals surface area contributed by atoms with Crippen LogP contribution in [0.25, 0.3) is 21.5 Å². The zero-order valence-corrected chi connectivity index (χ0v) is 16.4. The first-order valence-corrected chi connectivity index (χ1v) is 10.4. The Hall–Kier alpha value is -2.80. The lowest BCUT2D eigenvalue weighted by molar-refractivity contribution is 0.388. The summed E-state index contributed by atoms with van der Waals surface area (Å²) in [5, 5.41) is 5.56. The lowest BCUT2D eigenvalue weighted by Crippen LogP contribution is -2.17. The highest BCUT2D eigenvalue weighted by Gasteiger charge is 2.30. The van der Waals surface area contributed by atoms with Gasteiger partial charge in [-0.25, -0.2) is 0 Å². The molecule has 0 aliphatic heterocycles. The van der Waals surface area contributed by atoms with E-state index in [9.17, 15) is 0 Å². The van der Waals surface area contributed by atoms with Crippen molar-refractivity contribution in [2.24, 2.45) is 0 Å².